The third-order valence-corrected chi connectivity index (χ3v) is 3.98. The zero-order valence-corrected chi connectivity index (χ0v) is 13.5. The van der Waals surface area contributed by atoms with E-state index in [-0.39, 0.29) is 11.9 Å². The molecule has 0 radical (unpaired) electrons. The number of hydrogen-bond acceptors (Lipinski definition) is 4. The highest BCUT2D eigenvalue weighted by molar-refractivity contribution is 5.94. The zero-order chi connectivity index (χ0) is 17.2. The predicted octanol–water partition coefficient (Wildman–Crippen LogP) is 2.63. The van der Waals surface area contributed by atoms with Crippen LogP contribution in [0.1, 0.15) is 29.1 Å². The molecule has 7 nitrogen and oxygen atoms in total. The molecule has 0 saturated carbocycles. The first kappa shape index (κ1) is 15.1. The van der Waals surface area contributed by atoms with Gasteiger partial charge in [-0.15, -0.1) is 0 Å². The number of aromatic nitrogens is 5. The Kier molecular flexibility index (Phi) is 3.74. The summed E-state index contributed by atoms with van der Waals surface area (Å²) in [5.41, 5.74) is 3.26. The maximum atomic E-state index is 12.5. The van der Waals surface area contributed by atoms with Gasteiger partial charge in [0.15, 0.2) is 0 Å². The van der Waals surface area contributed by atoms with Crippen LogP contribution in [-0.2, 0) is 0 Å². The number of imidazole rings is 1. The third-order valence-electron chi connectivity index (χ3n) is 3.98. The average Bonchev–Trinajstić information content (AvgIpc) is 3.31. The maximum absolute atomic E-state index is 12.5. The van der Waals surface area contributed by atoms with Crippen molar-refractivity contribution in [1.82, 2.24) is 30.0 Å². The van der Waals surface area contributed by atoms with E-state index in [1.54, 1.807) is 23.1 Å². The van der Waals surface area contributed by atoms with Crippen LogP contribution in [0.15, 0.2) is 61.2 Å². The number of nitrogens with zero attached hydrogens (tertiary/aromatic N) is 4. The van der Waals surface area contributed by atoms with Crippen molar-refractivity contribution in [3.63, 3.8) is 0 Å². The fraction of sp³-hybridized carbons (Fsp3) is 0.111. The van der Waals surface area contributed by atoms with Gasteiger partial charge in [0.05, 0.1) is 22.8 Å². The predicted molar refractivity (Wildman–Crippen MR) is 93.3 cm³/mol. The van der Waals surface area contributed by atoms with Crippen LogP contribution in [0.25, 0.3) is 16.7 Å². The number of para-hydroxylation sites is 2. The summed E-state index contributed by atoms with van der Waals surface area (Å²) in [6.45, 7) is 1.90. The van der Waals surface area contributed by atoms with Crippen LogP contribution >= 0.6 is 0 Å². The topological polar surface area (TPSA) is 88.5 Å². The molecule has 1 unspecified atom stereocenters. The molecule has 124 valence electrons. The SMILES string of the molecule is CC(NC(=O)c1ccc(-n2cncn2)cc1)c1nc2ccccc2[nH]1. The van der Waals surface area contributed by atoms with Crippen molar-refractivity contribution in [3.05, 3.63) is 72.6 Å². The smallest absolute Gasteiger partial charge is 0.251 e. The minimum Gasteiger partial charge on any atom is -0.342 e. The van der Waals surface area contributed by atoms with Crippen LogP contribution in [0.5, 0.6) is 0 Å². The number of H-pyrrole nitrogens is 1. The number of benzene rings is 2. The Morgan fingerprint density at radius 2 is 1.96 bits per heavy atom. The average molecular weight is 332 g/mol. The van der Waals surface area contributed by atoms with Crippen molar-refractivity contribution in [2.24, 2.45) is 0 Å². The van der Waals surface area contributed by atoms with Gasteiger partial charge in [0.1, 0.15) is 18.5 Å². The molecule has 0 aliphatic carbocycles. The second-order valence-electron chi connectivity index (χ2n) is 5.72. The summed E-state index contributed by atoms with van der Waals surface area (Å²) in [5, 5.41) is 7.02. The first-order valence-corrected chi connectivity index (χ1v) is 7.91. The molecule has 4 aromatic rings. The quantitative estimate of drug-likeness (QED) is 0.601. The van der Waals surface area contributed by atoms with E-state index in [0.29, 0.717) is 5.56 Å². The Balaban J connectivity index is 1.49. The highest BCUT2D eigenvalue weighted by Gasteiger charge is 2.15. The molecular weight excluding hydrogens is 316 g/mol. The van der Waals surface area contributed by atoms with Crippen molar-refractivity contribution < 1.29 is 4.79 Å². The Hall–Kier alpha value is -3.48. The summed E-state index contributed by atoms with van der Waals surface area (Å²) < 4.78 is 1.64. The molecule has 2 aromatic heterocycles. The van der Waals surface area contributed by atoms with Gasteiger partial charge in [0.2, 0.25) is 0 Å². The minimum absolute atomic E-state index is 0.155. The lowest BCUT2D eigenvalue weighted by Crippen LogP contribution is -2.27. The molecule has 1 atom stereocenters. The summed E-state index contributed by atoms with van der Waals surface area (Å²) in [5.74, 6) is 0.576. The lowest BCUT2D eigenvalue weighted by atomic mass is 10.2. The van der Waals surface area contributed by atoms with Gasteiger partial charge in [-0.3, -0.25) is 4.79 Å². The van der Waals surface area contributed by atoms with Gasteiger partial charge in [-0.05, 0) is 43.3 Å². The van der Waals surface area contributed by atoms with Gasteiger partial charge >= 0.3 is 0 Å². The van der Waals surface area contributed by atoms with E-state index < -0.39 is 0 Å². The van der Waals surface area contributed by atoms with Crippen molar-refractivity contribution in [1.29, 1.82) is 0 Å². The minimum atomic E-state index is -0.227. The third kappa shape index (κ3) is 2.99. The van der Waals surface area contributed by atoms with Gasteiger partial charge in [-0.2, -0.15) is 5.10 Å². The molecule has 1 amide bonds. The van der Waals surface area contributed by atoms with Crippen molar-refractivity contribution in [2.45, 2.75) is 13.0 Å². The van der Waals surface area contributed by atoms with E-state index >= 15 is 0 Å². The van der Waals surface area contributed by atoms with Crippen molar-refractivity contribution >= 4 is 16.9 Å². The molecule has 25 heavy (non-hydrogen) atoms. The Bertz CT molecular complexity index is 971. The summed E-state index contributed by atoms with van der Waals surface area (Å²) in [6.07, 6.45) is 3.08. The van der Waals surface area contributed by atoms with Crippen molar-refractivity contribution in [3.8, 4) is 5.69 Å². The molecule has 4 rings (SSSR count). The van der Waals surface area contributed by atoms with Crippen LogP contribution < -0.4 is 5.32 Å². The van der Waals surface area contributed by atoms with E-state index in [1.807, 2.05) is 43.3 Å². The van der Waals surface area contributed by atoms with Crippen LogP contribution in [-0.4, -0.2) is 30.6 Å². The largest absolute Gasteiger partial charge is 0.342 e. The van der Waals surface area contributed by atoms with E-state index in [4.69, 9.17) is 0 Å². The monoisotopic (exact) mass is 332 g/mol. The van der Waals surface area contributed by atoms with Crippen LogP contribution in [0, 0.1) is 0 Å². The summed E-state index contributed by atoms with van der Waals surface area (Å²) in [6, 6.07) is 14.7. The highest BCUT2D eigenvalue weighted by atomic mass is 16.1. The Morgan fingerprint density at radius 1 is 1.16 bits per heavy atom. The number of hydrogen-bond donors (Lipinski definition) is 2. The van der Waals surface area contributed by atoms with Crippen LogP contribution in [0.2, 0.25) is 0 Å². The number of amides is 1. The second-order valence-corrected chi connectivity index (χ2v) is 5.72. The van der Waals surface area contributed by atoms with E-state index in [1.165, 1.54) is 6.33 Å². The maximum Gasteiger partial charge on any atom is 0.251 e. The molecule has 0 spiro atoms. The van der Waals surface area contributed by atoms with Gasteiger partial charge in [-0.25, -0.2) is 14.6 Å². The van der Waals surface area contributed by atoms with E-state index in [0.717, 1.165) is 22.5 Å². The molecular formula is C18H16N6O. The number of nitrogens with one attached hydrogen (secondary N) is 2. The first-order valence-electron chi connectivity index (χ1n) is 7.91. The standard InChI is InChI=1S/C18H16N6O/c1-12(17-22-15-4-2-3-5-16(15)23-17)21-18(25)13-6-8-14(9-7-13)24-11-19-10-20-24/h2-12H,1H3,(H,21,25)(H,22,23). The van der Waals surface area contributed by atoms with Crippen LogP contribution in [0.3, 0.4) is 0 Å². The number of carbonyl (C=O) groups excluding carboxylic acids is 1. The molecule has 2 N–H and O–H groups in total. The number of rotatable bonds is 4. The zero-order valence-electron chi connectivity index (χ0n) is 13.5. The molecule has 2 aromatic carbocycles. The fourth-order valence-corrected chi connectivity index (χ4v) is 2.63. The molecule has 7 heteroatoms. The Labute approximate surface area is 143 Å². The molecule has 0 bridgehead atoms. The highest BCUT2D eigenvalue weighted by Crippen LogP contribution is 2.16. The molecule has 0 fully saturated rings. The molecule has 2 heterocycles. The van der Waals surface area contributed by atoms with E-state index in [2.05, 4.69) is 25.4 Å². The van der Waals surface area contributed by atoms with E-state index in [9.17, 15) is 4.79 Å². The van der Waals surface area contributed by atoms with Crippen LogP contribution in [0.4, 0.5) is 0 Å². The van der Waals surface area contributed by atoms with Gasteiger partial charge in [0, 0.05) is 5.56 Å². The summed E-state index contributed by atoms with van der Waals surface area (Å²) in [4.78, 5) is 24.1. The summed E-state index contributed by atoms with van der Waals surface area (Å²) in [7, 11) is 0. The van der Waals surface area contributed by atoms with Gasteiger partial charge in [0.25, 0.3) is 5.91 Å². The number of aromatic amines is 1. The summed E-state index contributed by atoms with van der Waals surface area (Å²) >= 11 is 0. The van der Waals surface area contributed by atoms with Gasteiger partial charge in [-0.1, -0.05) is 12.1 Å². The molecule has 0 aliphatic heterocycles. The number of carbonyl (C=O) groups is 1. The van der Waals surface area contributed by atoms with Crippen molar-refractivity contribution in [2.75, 3.05) is 0 Å². The molecule has 0 aliphatic rings. The normalized spacial score (nSPS) is 12.2. The Morgan fingerprint density at radius 3 is 2.68 bits per heavy atom. The van der Waals surface area contributed by atoms with Gasteiger partial charge < -0.3 is 10.3 Å². The lowest BCUT2D eigenvalue weighted by molar-refractivity contribution is 0.0938. The first-order chi connectivity index (χ1) is 12.2. The lowest BCUT2D eigenvalue weighted by Gasteiger charge is -2.11. The molecule has 0 saturated heterocycles. The fourth-order valence-electron chi connectivity index (χ4n) is 2.63. The second kappa shape index (κ2) is 6.20. The number of fused-ring (bicyclic) bond motifs is 1.